The highest BCUT2D eigenvalue weighted by Gasteiger charge is 2.33. The van der Waals surface area contributed by atoms with Gasteiger partial charge in [-0.1, -0.05) is 58.4 Å². The summed E-state index contributed by atoms with van der Waals surface area (Å²) in [5.74, 6) is -0.919. The van der Waals surface area contributed by atoms with E-state index in [1.54, 1.807) is 7.11 Å². The van der Waals surface area contributed by atoms with Gasteiger partial charge < -0.3 is 14.2 Å². The minimum Gasteiger partial charge on any atom is -0.468 e. The van der Waals surface area contributed by atoms with Crippen molar-refractivity contribution in [3.8, 4) is 0 Å². The molecule has 4 nitrogen and oxygen atoms in total. The highest BCUT2D eigenvalue weighted by Crippen LogP contribution is 2.35. The molecule has 0 heterocycles. The number of halogens is 1. The second-order valence-electron chi connectivity index (χ2n) is 4.96. The molecular weight excluding hydrogens is 360 g/mol. The highest BCUT2D eigenvalue weighted by molar-refractivity contribution is 9.10. The third-order valence-corrected chi connectivity index (χ3v) is 4.01. The van der Waals surface area contributed by atoms with Crippen molar-refractivity contribution in [1.29, 1.82) is 0 Å². The number of carbonyl (C=O) groups excluding carboxylic acids is 1. The summed E-state index contributed by atoms with van der Waals surface area (Å²) in [4.78, 5) is 12.4. The van der Waals surface area contributed by atoms with Crippen LogP contribution in [-0.4, -0.2) is 27.0 Å². The summed E-state index contributed by atoms with van der Waals surface area (Å²) >= 11 is 3.41. The van der Waals surface area contributed by atoms with Crippen LogP contribution in [-0.2, 0) is 19.0 Å². The first-order valence-electron chi connectivity index (χ1n) is 7.16. The summed E-state index contributed by atoms with van der Waals surface area (Å²) in [5.41, 5.74) is 1.72. The molecule has 0 aliphatic rings. The molecule has 0 bridgehead atoms. The molecule has 0 aromatic heterocycles. The normalized spacial score (nSPS) is 13.3. The Balaban J connectivity index is 2.43. The molecule has 0 spiro atoms. The summed E-state index contributed by atoms with van der Waals surface area (Å²) in [5, 5.41) is 0. The lowest BCUT2D eigenvalue weighted by atomic mass is 9.89. The molecule has 2 atom stereocenters. The average molecular weight is 379 g/mol. The van der Waals surface area contributed by atoms with Crippen molar-refractivity contribution in [1.82, 2.24) is 0 Å². The molecule has 2 aromatic rings. The summed E-state index contributed by atoms with van der Waals surface area (Å²) in [7, 11) is 2.93. The first kappa shape index (κ1) is 17.7. The van der Waals surface area contributed by atoms with E-state index in [4.69, 9.17) is 14.2 Å². The fourth-order valence-corrected chi connectivity index (χ4v) is 2.66. The van der Waals surface area contributed by atoms with Gasteiger partial charge in [-0.2, -0.15) is 0 Å². The molecule has 0 saturated heterocycles. The lowest BCUT2D eigenvalue weighted by molar-refractivity contribution is -0.150. The minimum atomic E-state index is -0.572. The lowest BCUT2D eigenvalue weighted by Crippen LogP contribution is -2.24. The molecule has 2 rings (SSSR count). The maximum atomic E-state index is 12.4. The number of esters is 1. The Labute approximate surface area is 144 Å². The Morgan fingerprint density at radius 3 is 2.22 bits per heavy atom. The van der Waals surface area contributed by atoms with Gasteiger partial charge in [0.15, 0.2) is 0 Å². The summed E-state index contributed by atoms with van der Waals surface area (Å²) in [6, 6.07) is 17.1. The van der Waals surface area contributed by atoms with Crippen molar-refractivity contribution in [2.24, 2.45) is 0 Å². The zero-order valence-corrected chi connectivity index (χ0v) is 14.7. The van der Waals surface area contributed by atoms with Gasteiger partial charge in [0.05, 0.1) is 7.11 Å². The van der Waals surface area contributed by atoms with Crippen LogP contribution in [0.15, 0.2) is 59.1 Å². The predicted octanol–water partition coefficient (Wildman–Crippen LogP) is 4.07. The van der Waals surface area contributed by atoms with Gasteiger partial charge in [-0.15, -0.1) is 0 Å². The van der Waals surface area contributed by atoms with Crippen molar-refractivity contribution >= 4 is 21.9 Å². The number of hydrogen-bond acceptors (Lipinski definition) is 4. The van der Waals surface area contributed by atoms with E-state index in [1.165, 1.54) is 7.11 Å². The van der Waals surface area contributed by atoms with Crippen molar-refractivity contribution < 1.29 is 19.0 Å². The van der Waals surface area contributed by atoms with Gasteiger partial charge in [0, 0.05) is 11.6 Å². The van der Waals surface area contributed by atoms with E-state index in [0.29, 0.717) is 0 Å². The second kappa shape index (κ2) is 8.82. The van der Waals surface area contributed by atoms with Gasteiger partial charge in [0.25, 0.3) is 0 Å². The summed E-state index contributed by atoms with van der Waals surface area (Å²) in [6.07, 6.45) is -0.502. The van der Waals surface area contributed by atoms with Gasteiger partial charge >= 0.3 is 5.97 Å². The van der Waals surface area contributed by atoms with Crippen LogP contribution in [0, 0.1) is 0 Å². The Morgan fingerprint density at radius 1 is 1.00 bits per heavy atom. The Bertz CT molecular complexity index is 613. The molecular formula is C18H19BrO4. The molecule has 0 N–H and O–H groups in total. The molecule has 5 heteroatoms. The Hall–Kier alpha value is -1.69. The van der Waals surface area contributed by atoms with E-state index in [0.717, 1.165) is 15.6 Å². The number of rotatable bonds is 7. The maximum absolute atomic E-state index is 12.4. The standard InChI is InChI=1S/C18H19BrO4/c1-21-12-23-17(14-8-10-15(19)11-9-14)16(18(20)22-2)13-6-4-3-5-7-13/h3-11,16-17H,12H2,1-2H3/t16-,17+/m1/s1. The molecule has 0 radical (unpaired) electrons. The van der Waals surface area contributed by atoms with E-state index >= 15 is 0 Å². The smallest absolute Gasteiger partial charge is 0.316 e. The van der Waals surface area contributed by atoms with Crippen LogP contribution in [0.5, 0.6) is 0 Å². The first-order chi connectivity index (χ1) is 11.2. The largest absolute Gasteiger partial charge is 0.468 e. The first-order valence-corrected chi connectivity index (χ1v) is 7.95. The topological polar surface area (TPSA) is 44.8 Å². The monoisotopic (exact) mass is 378 g/mol. The SMILES string of the molecule is COCO[C@@H](c1ccc(Br)cc1)[C@H](C(=O)OC)c1ccccc1. The van der Waals surface area contributed by atoms with Crippen LogP contribution in [0.2, 0.25) is 0 Å². The van der Waals surface area contributed by atoms with Crippen molar-refractivity contribution in [2.75, 3.05) is 21.0 Å². The quantitative estimate of drug-likeness (QED) is 0.538. The fourth-order valence-electron chi connectivity index (χ4n) is 2.40. The number of methoxy groups -OCH3 is 2. The molecule has 0 aliphatic heterocycles. The van der Waals surface area contributed by atoms with Crippen molar-refractivity contribution in [3.05, 3.63) is 70.2 Å². The van der Waals surface area contributed by atoms with E-state index in [-0.39, 0.29) is 12.8 Å². The van der Waals surface area contributed by atoms with Gasteiger partial charge in [-0.3, -0.25) is 4.79 Å². The Kier molecular flexibility index (Phi) is 6.77. The molecule has 0 fully saturated rings. The number of ether oxygens (including phenoxy) is 3. The molecule has 0 aliphatic carbocycles. The van der Waals surface area contributed by atoms with E-state index in [2.05, 4.69) is 15.9 Å². The van der Waals surface area contributed by atoms with Gasteiger partial charge in [0.1, 0.15) is 18.8 Å². The summed E-state index contributed by atoms with van der Waals surface area (Å²) < 4.78 is 16.8. The molecule has 2 aromatic carbocycles. The maximum Gasteiger partial charge on any atom is 0.316 e. The van der Waals surface area contributed by atoms with Crippen LogP contribution < -0.4 is 0 Å². The van der Waals surface area contributed by atoms with E-state index in [1.807, 2.05) is 54.6 Å². The van der Waals surface area contributed by atoms with E-state index < -0.39 is 12.0 Å². The van der Waals surface area contributed by atoms with Crippen LogP contribution in [0.3, 0.4) is 0 Å². The molecule has 23 heavy (non-hydrogen) atoms. The van der Waals surface area contributed by atoms with E-state index in [9.17, 15) is 4.79 Å². The van der Waals surface area contributed by atoms with Gasteiger partial charge in [-0.05, 0) is 23.3 Å². The zero-order chi connectivity index (χ0) is 16.7. The second-order valence-corrected chi connectivity index (χ2v) is 5.87. The molecule has 122 valence electrons. The number of carbonyl (C=O) groups is 1. The van der Waals surface area contributed by atoms with Crippen LogP contribution in [0.4, 0.5) is 0 Å². The van der Waals surface area contributed by atoms with Crippen LogP contribution in [0.1, 0.15) is 23.1 Å². The third-order valence-electron chi connectivity index (χ3n) is 3.48. The van der Waals surface area contributed by atoms with Crippen LogP contribution >= 0.6 is 15.9 Å². The van der Waals surface area contributed by atoms with Crippen molar-refractivity contribution in [2.45, 2.75) is 12.0 Å². The van der Waals surface area contributed by atoms with Gasteiger partial charge in [0.2, 0.25) is 0 Å². The number of hydrogen-bond donors (Lipinski definition) is 0. The minimum absolute atomic E-state index is 0.0844. The summed E-state index contributed by atoms with van der Waals surface area (Å²) in [6.45, 7) is 0.0844. The number of benzene rings is 2. The molecule has 0 saturated carbocycles. The lowest BCUT2D eigenvalue weighted by Gasteiger charge is -2.26. The molecule has 0 unspecified atom stereocenters. The van der Waals surface area contributed by atoms with Gasteiger partial charge in [-0.25, -0.2) is 0 Å². The Morgan fingerprint density at radius 2 is 1.65 bits per heavy atom. The zero-order valence-electron chi connectivity index (χ0n) is 13.1. The third kappa shape index (κ3) is 4.64. The fraction of sp³-hybridized carbons (Fsp3) is 0.278. The van der Waals surface area contributed by atoms with Crippen LogP contribution in [0.25, 0.3) is 0 Å². The highest BCUT2D eigenvalue weighted by atomic mass is 79.9. The average Bonchev–Trinajstić information content (AvgIpc) is 2.59. The van der Waals surface area contributed by atoms with Crippen molar-refractivity contribution in [3.63, 3.8) is 0 Å². The predicted molar refractivity (Wildman–Crippen MR) is 91.0 cm³/mol. The molecule has 0 amide bonds.